The molecule has 0 unspecified atom stereocenters. The molecule has 0 spiro atoms. The third-order valence-corrected chi connectivity index (χ3v) is 7.13. The smallest absolute Gasteiger partial charge is 0.270 e. The first-order valence-corrected chi connectivity index (χ1v) is 10.8. The second-order valence-corrected chi connectivity index (χ2v) is 9.06. The lowest BCUT2D eigenvalue weighted by atomic mass is 10.3. The second-order valence-electron chi connectivity index (χ2n) is 6.09. The zero-order valence-electron chi connectivity index (χ0n) is 14.9. The molecule has 1 aliphatic heterocycles. The summed E-state index contributed by atoms with van der Waals surface area (Å²) in [6.07, 6.45) is 1.51. The Morgan fingerprint density at radius 1 is 1.35 bits per heavy atom. The van der Waals surface area contributed by atoms with Crippen molar-refractivity contribution in [3.8, 4) is 0 Å². The van der Waals surface area contributed by atoms with Crippen LogP contribution in [0.1, 0.15) is 22.3 Å². The molecule has 9 heteroatoms. The van der Waals surface area contributed by atoms with Crippen LogP contribution in [0.15, 0.2) is 34.7 Å². The number of hydrogen-bond donors (Lipinski definition) is 0. The van der Waals surface area contributed by atoms with E-state index >= 15 is 0 Å². The molecule has 0 saturated carbocycles. The van der Waals surface area contributed by atoms with Gasteiger partial charge in [0.15, 0.2) is 0 Å². The fourth-order valence-corrected chi connectivity index (χ4v) is 5.10. The highest BCUT2D eigenvalue weighted by Gasteiger charge is 2.29. The lowest BCUT2D eigenvalue weighted by molar-refractivity contribution is 0.0730. The van der Waals surface area contributed by atoms with Crippen LogP contribution in [0, 0.1) is 0 Å². The van der Waals surface area contributed by atoms with Crippen LogP contribution in [0.25, 0.3) is 0 Å². The first-order valence-electron chi connectivity index (χ1n) is 8.49. The van der Waals surface area contributed by atoms with Gasteiger partial charge in [-0.2, -0.15) is 4.31 Å². The zero-order valence-corrected chi connectivity index (χ0v) is 16.6. The molecule has 3 heterocycles. The van der Waals surface area contributed by atoms with Crippen LogP contribution in [0.4, 0.5) is 0 Å². The molecule has 3 rings (SSSR count). The van der Waals surface area contributed by atoms with Crippen LogP contribution in [0.2, 0.25) is 0 Å². The first-order chi connectivity index (χ1) is 12.4. The summed E-state index contributed by atoms with van der Waals surface area (Å²) in [5.74, 6) is -0.174. The fraction of sp³-hybridized carbons (Fsp3) is 0.471. The number of amides is 1. The topological polar surface area (TPSA) is 71.8 Å². The predicted molar refractivity (Wildman–Crippen MR) is 99.7 cm³/mol. The number of sulfonamides is 1. The van der Waals surface area contributed by atoms with E-state index in [-0.39, 0.29) is 10.8 Å². The van der Waals surface area contributed by atoms with Crippen molar-refractivity contribution < 1.29 is 17.9 Å². The lowest BCUT2D eigenvalue weighted by Crippen LogP contribution is -2.40. The third-order valence-electron chi connectivity index (χ3n) is 4.40. The summed E-state index contributed by atoms with van der Waals surface area (Å²) < 4.78 is 33.8. The summed E-state index contributed by atoms with van der Waals surface area (Å²) in [7, 11) is -1.92. The van der Waals surface area contributed by atoms with Gasteiger partial charge in [0, 0.05) is 37.8 Å². The number of carbonyl (C=O) groups excluding carboxylic acids is 1. The fourth-order valence-electron chi connectivity index (χ4n) is 2.90. The minimum absolute atomic E-state index is 0.150. The molecule has 0 N–H and O–H groups in total. The molecular formula is C17H23N3O4S2. The summed E-state index contributed by atoms with van der Waals surface area (Å²) in [5.41, 5.74) is 0.371. The van der Waals surface area contributed by atoms with Crippen molar-refractivity contribution in [3.05, 3.63) is 40.3 Å². The van der Waals surface area contributed by atoms with E-state index in [2.05, 4.69) is 0 Å². The normalized spacial score (nSPS) is 15.9. The van der Waals surface area contributed by atoms with Crippen molar-refractivity contribution in [2.45, 2.75) is 18.4 Å². The molecule has 1 fully saturated rings. The molecule has 1 saturated heterocycles. The van der Waals surface area contributed by atoms with E-state index in [1.165, 1.54) is 16.6 Å². The van der Waals surface area contributed by atoms with Crippen molar-refractivity contribution in [2.75, 3.05) is 32.8 Å². The Labute approximate surface area is 157 Å². The Morgan fingerprint density at radius 3 is 2.69 bits per heavy atom. The van der Waals surface area contributed by atoms with E-state index in [4.69, 9.17) is 4.74 Å². The van der Waals surface area contributed by atoms with Crippen LogP contribution in [0.3, 0.4) is 0 Å². The minimum Gasteiger partial charge on any atom is -0.379 e. The van der Waals surface area contributed by atoms with Gasteiger partial charge in [0.25, 0.3) is 5.91 Å². The van der Waals surface area contributed by atoms with Crippen LogP contribution in [-0.2, 0) is 28.4 Å². The van der Waals surface area contributed by atoms with Gasteiger partial charge in [-0.3, -0.25) is 4.79 Å². The molecule has 2 aromatic heterocycles. The highest BCUT2D eigenvalue weighted by molar-refractivity contribution is 7.89. The highest BCUT2D eigenvalue weighted by Crippen LogP contribution is 2.21. The number of hydrogen-bond acceptors (Lipinski definition) is 5. The zero-order chi connectivity index (χ0) is 18.7. The molecular weight excluding hydrogens is 374 g/mol. The highest BCUT2D eigenvalue weighted by atomic mass is 32.2. The van der Waals surface area contributed by atoms with Crippen molar-refractivity contribution in [1.82, 2.24) is 13.8 Å². The van der Waals surface area contributed by atoms with E-state index in [1.807, 2.05) is 24.4 Å². The lowest BCUT2D eigenvalue weighted by Gasteiger charge is -2.25. The summed E-state index contributed by atoms with van der Waals surface area (Å²) in [6, 6.07) is 5.41. The largest absolute Gasteiger partial charge is 0.379 e. The monoisotopic (exact) mass is 397 g/mol. The van der Waals surface area contributed by atoms with Crippen molar-refractivity contribution in [2.24, 2.45) is 7.05 Å². The average molecular weight is 398 g/mol. The molecule has 1 amide bonds. The Kier molecular flexibility index (Phi) is 5.81. The molecule has 142 valence electrons. The number of rotatable bonds is 6. The molecule has 2 aromatic rings. The number of ether oxygens (including phenoxy) is 1. The van der Waals surface area contributed by atoms with Crippen molar-refractivity contribution in [3.63, 3.8) is 0 Å². The van der Waals surface area contributed by atoms with Gasteiger partial charge in [0.1, 0.15) is 10.6 Å². The van der Waals surface area contributed by atoms with E-state index < -0.39 is 10.0 Å². The standard InChI is InChI=1S/C17H23N3O4S2/c1-3-19(12-14-5-4-10-25-14)17(21)16-11-15(13-18(16)2)26(22,23)20-6-8-24-9-7-20/h4-5,10-11,13H,3,6-9,12H2,1-2H3. The van der Waals surface area contributed by atoms with E-state index in [9.17, 15) is 13.2 Å². The number of aryl methyl sites for hydroxylation is 1. The van der Waals surface area contributed by atoms with Crippen LogP contribution >= 0.6 is 11.3 Å². The predicted octanol–water partition coefficient (Wildman–Crippen LogP) is 1.77. The Bertz CT molecular complexity index is 853. The van der Waals surface area contributed by atoms with Crippen molar-refractivity contribution >= 4 is 27.3 Å². The summed E-state index contributed by atoms with van der Waals surface area (Å²) in [6.45, 7) is 4.43. The van der Waals surface area contributed by atoms with Gasteiger partial charge < -0.3 is 14.2 Å². The maximum atomic E-state index is 12.9. The van der Waals surface area contributed by atoms with Crippen LogP contribution in [0.5, 0.6) is 0 Å². The average Bonchev–Trinajstić information content (AvgIpc) is 3.29. The van der Waals surface area contributed by atoms with Gasteiger partial charge in [-0.25, -0.2) is 8.42 Å². The number of thiophene rings is 1. The van der Waals surface area contributed by atoms with Gasteiger partial charge in [0.2, 0.25) is 10.0 Å². The molecule has 0 bridgehead atoms. The number of morpholine rings is 1. The summed E-state index contributed by atoms with van der Waals surface area (Å²) >= 11 is 1.60. The quantitative estimate of drug-likeness (QED) is 0.745. The molecule has 26 heavy (non-hydrogen) atoms. The molecule has 0 atom stereocenters. The molecule has 7 nitrogen and oxygen atoms in total. The second kappa shape index (κ2) is 7.91. The van der Waals surface area contributed by atoms with Gasteiger partial charge in [-0.1, -0.05) is 6.07 Å². The van der Waals surface area contributed by atoms with Gasteiger partial charge in [-0.15, -0.1) is 11.3 Å². The van der Waals surface area contributed by atoms with E-state index in [0.717, 1.165) is 4.88 Å². The number of aromatic nitrogens is 1. The maximum absolute atomic E-state index is 12.9. The summed E-state index contributed by atoms with van der Waals surface area (Å²) in [5, 5.41) is 1.98. The van der Waals surface area contributed by atoms with Crippen LogP contribution in [-0.4, -0.2) is 60.9 Å². The van der Waals surface area contributed by atoms with E-state index in [0.29, 0.717) is 45.1 Å². The number of carbonyl (C=O) groups is 1. The molecule has 1 aliphatic rings. The Balaban J connectivity index is 1.83. The summed E-state index contributed by atoms with van der Waals surface area (Å²) in [4.78, 5) is 15.9. The van der Waals surface area contributed by atoms with E-state index in [1.54, 1.807) is 27.9 Å². The Hall–Kier alpha value is -1.68. The third kappa shape index (κ3) is 3.85. The van der Waals surface area contributed by atoms with Gasteiger partial charge in [0.05, 0.1) is 19.8 Å². The van der Waals surface area contributed by atoms with Gasteiger partial charge in [-0.05, 0) is 24.4 Å². The first kappa shape index (κ1) is 19.1. The maximum Gasteiger partial charge on any atom is 0.270 e. The minimum atomic E-state index is -3.62. The van der Waals surface area contributed by atoms with Crippen LogP contribution < -0.4 is 0 Å². The molecule has 0 aromatic carbocycles. The molecule has 0 radical (unpaired) electrons. The van der Waals surface area contributed by atoms with Gasteiger partial charge >= 0.3 is 0 Å². The SMILES string of the molecule is CCN(Cc1cccs1)C(=O)c1cc(S(=O)(=O)N2CCOCC2)cn1C. The number of nitrogens with zero attached hydrogens (tertiary/aromatic N) is 3. The van der Waals surface area contributed by atoms with Crippen molar-refractivity contribution in [1.29, 1.82) is 0 Å². The molecule has 0 aliphatic carbocycles. The Morgan fingerprint density at radius 2 is 2.08 bits per heavy atom.